The Kier molecular flexibility index (Phi) is 3.03. The van der Waals surface area contributed by atoms with Gasteiger partial charge in [-0.3, -0.25) is 9.78 Å². The number of halogens is 3. The van der Waals surface area contributed by atoms with Crippen molar-refractivity contribution in [1.82, 2.24) is 9.97 Å². The van der Waals surface area contributed by atoms with Gasteiger partial charge < -0.3 is 10.6 Å². The summed E-state index contributed by atoms with van der Waals surface area (Å²) in [5.41, 5.74) is 5.83. The Morgan fingerprint density at radius 1 is 1.38 bits per heavy atom. The lowest BCUT2D eigenvalue weighted by Crippen LogP contribution is -2.38. The fourth-order valence-corrected chi connectivity index (χ4v) is 2.24. The van der Waals surface area contributed by atoms with E-state index in [1.165, 1.54) is 12.1 Å². The summed E-state index contributed by atoms with van der Waals surface area (Å²) in [6.07, 6.45) is -3.02. The molecule has 1 aliphatic rings. The van der Waals surface area contributed by atoms with E-state index in [4.69, 9.17) is 5.73 Å². The van der Waals surface area contributed by atoms with Crippen molar-refractivity contribution in [3.05, 3.63) is 28.6 Å². The molecule has 0 bridgehead atoms. The van der Waals surface area contributed by atoms with Gasteiger partial charge in [0, 0.05) is 11.7 Å². The summed E-state index contributed by atoms with van der Waals surface area (Å²) < 4.78 is 38.0. The minimum Gasteiger partial charge on any atom is -0.399 e. The zero-order valence-corrected chi connectivity index (χ0v) is 10.9. The molecule has 1 aliphatic carbocycles. The van der Waals surface area contributed by atoms with E-state index in [2.05, 4.69) is 9.97 Å². The van der Waals surface area contributed by atoms with Gasteiger partial charge in [-0.15, -0.1) is 0 Å². The number of aromatic nitrogens is 2. The Bertz CT molecular complexity index is 736. The Labute approximate surface area is 117 Å². The molecule has 0 unspecified atom stereocenters. The highest BCUT2D eigenvalue weighted by Gasteiger charge is 2.39. The average Bonchev–Trinajstić information content (AvgIpc) is 3.20. The van der Waals surface area contributed by atoms with Crippen molar-refractivity contribution in [2.75, 3.05) is 17.2 Å². The third-order valence-corrected chi connectivity index (χ3v) is 3.33. The molecule has 1 aromatic carbocycles. The quantitative estimate of drug-likeness (QED) is 0.850. The lowest BCUT2D eigenvalue weighted by Gasteiger charge is -2.24. The number of anilines is 2. The molecule has 21 heavy (non-hydrogen) atoms. The van der Waals surface area contributed by atoms with Gasteiger partial charge in [-0.2, -0.15) is 13.2 Å². The maximum atomic E-state index is 12.7. The second-order valence-electron chi connectivity index (χ2n) is 5.14. The number of alkyl halides is 3. The van der Waals surface area contributed by atoms with Crippen LogP contribution in [0, 0.1) is 0 Å². The predicted molar refractivity (Wildman–Crippen MR) is 73.2 cm³/mol. The molecule has 0 radical (unpaired) electrons. The number of hydrogen-bond donors (Lipinski definition) is 2. The molecule has 0 amide bonds. The third-order valence-electron chi connectivity index (χ3n) is 3.33. The van der Waals surface area contributed by atoms with E-state index in [-0.39, 0.29) is 17.4 Å². The molecular weight excluding hydrogens is 285 g/mol. The second-order valence-corrected chi connectivity index (χ2v) is 5.14. The van der Waals surface area contributed by atoms with Crippen LogP contribution in [0.15, 0.2) is 23.0 Å². The van der Waals surface area contributed by atoms with E-state index in [1.54, 1.807) is 6.07 Å². The Balaban J connectivity index is 2.06. The molecule has 0 spiro atoms. The molecule has 3 rings (SSSR count). The number of H-pyrrole nitrogens is 1. The zero-order valence-electron chi connectivity index (χ0n) is 10.9. The number of aromatic amines is 1. The molecule has 1 saturated carbocycles. The van der Waals surface area contributed by atoms with Gasteiger partial charge in [0.05, 0.1) is 10.9 Å². The molecule has 1 heterocycles. The highest BCUT2D eigenvalue weighted by Crippen LogP contribution is 2.32. The number of nitrogen functional groups attached to an aromatic ring is 1. The summed E-state index contributed by atoms with van der Waals surface area (Å²) in [4.78, 5) is 19.7. The van der Waals surface area contributed by atoms with Crippen molar-refractivity contribution in [1.29, 1.82) is 0 Å². The van der Waals surface area contributed by atoms with Crippen LogP contribution >= 0.6 is 0 Å². The van der Waals surface area contributed by atoms with E-state index in [0.717, 1.165) is 4.90 Å². The number of rotatable bonds is 3. The first-order valence-corrected chi connectivity index (χ1v) is 6.46. The Hall–Kier alpha value is -2.25. The van der Waals surface area contributed by atoms with Crippen molar-refractivity contribution < 1.29 is 13.2 Å². The molecular formula is C13H13F3N4O. The van der Waals surface area contributed by atoms with Crippen molar-refractivity contribution in [2.45, 2.75) is 25.1 Å². The second kappa shape index (κ2) is 4.64. The van der Waals surface area contributed by atoms with Crippen LogP contribution in [-0.4, -0.2) is 28.7 Å². The highest BCUT2D eigenvalue weighted by molar-refractivity contribution is 5.81. The number of nitrogens with zero attached hydrogens (tertiary/aromatic N) is 2. The van der Waals surface area contributed by atoms with Gasteiger partial charge in [-0.25, -0.2) is 4.98 Å². The van der Waals surface area contributed by atoms with Crippen molar-refractivity contribution in [3.8, 4) is 0 Å². The standard InChI is InChI=1S/C13H13F3N4O/c14-13(15,16)6-20(8-2-3-8)12-18-10-4-1-7(17)5-9(10)11(21)19-12/h1,4-5,8H,2-3,6,17H2,(H,18,19,21). The first kappa shape index (κ1) is 13.7. The molecule has 2 aromatic rings. The summed E-state index contributed by atoms with van der Waals surface area (Å²) in [6, 6.07) is 4.32. The smallest absolute Gasteiger partial charge is 0.399 e. The summed E-state index contributed by atoms with van der Waals surface area (Å²) in [5.74, 6) is -0.0444. The van der Waals surface area contributed by atoms with Crippen LogP contribution in [0.1, 0.15) is 12.8 Å². The number of hydrogen-bond acceptors (Lipinski definition) is 4. The minimum atomic E-state index is -4.35. The normalized spacial score (nSPS) is 15.4. The minimum absolute atomic E-state index is 0.0444. The summed E-state index contributed by atoms with van der Waals surface area (Å²) in [7, 11) is 0. The van der Waals surface area contributed by atoms with Gasteiger partial charge in [-0.1, -0.05) is 0 Å². The molecule has 0 saturated heterocycles. The van der Waals surface area contributed by atoms with Crippen molar-refractivity contribution in [2.24, 2.45) is 0 Å². The van der Waals surface area contributed by atoms with Crippen molar-refractivity contribution >= 4 is 22.5 Å². The first-order valence-electron chi connectivity index (χ1n) is 6.46. The van der Waals surface area contributed by atoms with E-state index >= 15 is 0 Å². The largest absolute Gasteiger partial charge is 0.406 e. The maximum Gasteiger partial charge on any atom is 0.406 e. The SMILES string of the molecule is Nc1ccc2nc(N(CC(F)(F)F)C3CC3)[nH]c(=O)c2c1. The predicted octanol–water partition coefficient (Wildman–Crippen LogP) is 2.04. The van der Waals surface area contributed by atoms with Gasteiger partial charge in [0.1, 0.15) is 6.54 Å². The summed E-state index contributed by atoms with van der Waals surface area (Å²) >= 11 is 0. The van der Waals surface area contributed by atoms with Crippen LogP contribution < -0.4 is 16.2 Å². The third kappa shape index (κ3) is 2.93. The summed E-state index contributed by atoms with van der Waals surface area (Å²) in [6.45, 7) is -1.12. The highest BCUT2D eigenvalue weighted by atomic mass is 19.4. The Morgan fingerprint density at radius 3 is 2.71 bits per heavy atom. The van der Waals surface area contributed by atoms with Crippen LogP contribution in [0.4, 0.5) is 24.8 Å². The molecule has 1 aromatic heterocycles. The molecule has 112 valence electrons. The summed E-state index contributed by atoms with van der Waals surface area (Å²) in [5, 5.41) is 0.265. The fraction of sp³-hybridized carbons (Fsp3) is 0.385. The van der Waals surface area contributed by atoms with Gasteiger partial charge >= 0.3 is 6.18 Å². The molecule has 1 fully saturated rings. The monoisotopic (exact) mass is 298 g/mol. The first-order chi connectivity index (χ1) is 9.83. The van der Waals surface area contributed by atoms with E-state index < -0.39 is 18.3 Å². The number of nitrogens with two attached hydrogens (primary N) is 1. The number of nitrogens with one attached hydrogen (secondary N) is 1. The van der Waals surface area contributed by atoms with Gasteiger partial charge in [0.2, 0.25) is 5.95 Å². The van der Waals surface area contributed by atoms with Crippen LogP contribution in [0.5, 0.6) is 0 Å². The molecule has 0 atom stereocenters. The van der Waals surface area contributed by atoms with Gasteiger partial charge in [0.15, 0.2) is 0 Å². The fourth-order valence-electron chi connectivity index (χ4n) is 2.24. The van der Waals surface area contributed by atoms with Gasteiger partial charge in [-0.05, 0) is 31.0 Å². The van der Waals surface area contributed by atoms with Crippen LogP contribution in [0.3, 0.4) is 0 Å². The molecule has 5 nitrogen and oxygen atoms in total. The van der Waals surface area contributed by atoms with Crippen LogP contribution in [0.2, 0.25) is 0 Å². The van der Waals surface area contributed by atoms with E-state index in [0.29, 0.717) is 24.0 Å². The number of fused-ring (bicyclic) bond motifs is 1. The lowest BCUT2D eigenvalue weighted by molar-refractivity contribution is -0.120. The van der Waals surface area contributed by atoms with Crippen LogP contribution in [-0.2, 0) is 0 Å². The van der Waals surface area contributed by atoms with Crippen molar-refractivity contribution in [3.63, 3.8) is 0 Å². The average molecular weight is 298 g/mol. The zero-order chi connectivity index (χ0) is 15.2. The molecule has 8 heteroatoms. The number of benzene rings is 1. The molecule has 3 N–H and O–H groups in total. The van der Waals surface area contributed by atoms with E-state index in [9.17, 15) is 18.0 Å². The van der Waals surface area contributed by atoms with E-state index in [1.807, 2.05) is 0 Å². The van der Waals surface area contributed by atoms with Crippen LogP contribution in [0.25, 0.3) is 10.9 Å². The lowest BCUT2D eigenvalue weighted by atomic mass is 10.2. The molecule has 0 aliphatic heterocycles. The topological polar surface area (TPSA) is 75.0 Å². The Morgan fingerprint density at radius 2 is 2.10 bits per heavy atom. The van der Waals surface area contributed by atoms with Gasteiger partial charge in [0.25, 0.3) is 5.56 Å². The maximum absolute atomic E-state index is 12.7.